The first-order valence-electron chi connectivity index (χ1n) is 7.67. The number of hydrogen-bond donors (Lipinski definition) is 1. The van der Waals surface area contributed by atoms with Crippen LogP contribution in [0.1, 0.15) is 6.92 Å². The normalized spacial score (nSPS) is 15.2. The van der Waals surface area contributed by atoms with Crippen molar-refractivity contribution in [3.63, 3.8) is 0 Å². The fraction of sp³-hybridized carbons (Fsp3) is 0.500. The van der Waals surface area contributed by atoms with Gasteiger partial charge in [0, 0.05) is 43.3 Å². The van der Waals surface area contributed by atoms with Gasteiger partial charge in [-0.15, -0.1) is 0 Å². The van der Waals surface area contributed by atoms with Crippen molar-refractivity contribution in [1.82, 2.24) is 10.2 Å². The first-order valence-corrected chi connectivity index (χ1v) is 8.46. The molecule has 0 unspecified atom stereocenters. The Bertz CT molecular complexity index is 547. The van der Waals surface area contributed by atoms with Crippen molar-refractivity contribution in [3.05, 3.63) is 28.7 Å². The molecule has 2 rings (SSSR count). The van der Waals surface area contributed by atoms with Crippen LogP contribution in [0.3, 0.4) is 0 Å². The Kier molecular flexibility index (Phi) is 7.01. The number of nitrogens with one attached hydrogen (secondary N) is 1. The number of amides is 2. The summed E-state index contributed by atoms with van der Waals surface area (Å²) in [5.41, 5.74) is 0.704. The van der Waals surface area contributed by atoms with Crippen LogP contribution in [0.2, 0.25) is 0 Å². The average Bonchev–Trinajstić information content (AvgIpc) is 2.53. The predicted octanol–water partition coefficient (Wildman–Crippen LogP) is 1.25. The number of hydrogen-bond acceptors (Lipinski definition) is 4. The molecule has 1 N–H and O–H groups in total. The van der Waals surface area contributed by atoms with Crippen LogP contribution in [-0.4, -0.2) is 62.7 Å². The monoisotopic (exact) mass is 383 g/mol. The molecule has 0 radical (unpaired) electrons. The van der Waals surface area contributed by atoms with Gasteiger partial charge in [-0.25, -0.2) is 0 Å². The summed E-state index contributed by atoms with van der Waals surface area (Å²) in [7, 11) is 0. The number of anilines is 1. The highest BCUT2D eigenvalue weighted by molar-refractivity contribution is 9.10. The van der Waals surface area contributed by atoms with Crippen molar-refractivity contribution in [2.24, 2.45) is 0 Å². The van der Waals surface area contributed by atoms with Crippen LogP contribution in [-0.2, 0) is 14.3 Å². The molecule has 0 bridgehead atoms. The quantitative estimate of drug-likeness (QED) is 0.802. The van der Waals surface area contributed by atoms with Crippen molar-refractivity contribution in [2.45, 2.75) is 6.92 Å². The molecular weight excluding hydrogens is 362 g/mol. The highest BCUT2D eigenvalue weighted by atomic mass is 79.9. The molecule has 0 atom stereocenters. The molecule has 7 heteroatoms. The second kappa shape index (κ2) is 9.00. The minimum atomic E-state index is -0.161. The van der Waals surface area contributed by atoms with Crippen molar-refractivity contribution < 1.29 is 14.3 Å². The molecule has 1 aromatic carbocycles. The second-order valence-corrected chi connectivity index (χ2v) is 6.30. The van der Waals surface area contributed by atoms with Crippen molar-refractivity contribution in [1.29, 1.82) is 0 Å². The summed E-state index contributed by atoms with van der Waals surface area (Å²) in [6, 6.07) is 7.35. The van der Waals surface area contributed by atoms with E-state index in [-0.39, 0.29) is 18.4 Å². The Hall–Kier alpha value is -1.44. The van der Waals surface area contributed by atoms with E-state index in [2.05, 4.69) is 26.1 Å². The Morgan fingerprint density at radius 2 is 2.09 bits per heavy atom. The van der Waals surface area contributed by atoms with E-state index in [1.807, 2.05) is 24.3 Å². The molecule has 1 fully saturated rings. The standard InChI is InChI=1S/C16H22BrN3O3/c1-13(21)20(15-4-2-3-14(17)11-15)12-16(22)18-5-6-19-7-9-23-10-8-19/h2-4,11H,5-10,12H2,1H3,(H,18,22). The van der Waals surface area contributed by atoms with E-state index in [9.17, 15) is 9.59 Å². The smallest absolute Gasteiger partial charge is 0.240 e. The van der Waals surface area contributed by atoms with E-state index >= 15 is 0 Å². The summed E-state index contributed by atoms with van der Waals surface area (Å²) in [5.74, 6) is -0.320. The fourth-order valence-electron chi connectivity index (χ4n) is 2.41. The lowest BCUT2D eigenvalue weighted by Crippen LogP contribution is -2.44. The van der Waals surface area contributed by atoms with Crippen LogP contribution < -0.4 is 10.2 Å². The summed E-state index contributed by atoms with van der Waals surface area (Å²) in [6.07, 6.45) is 0. The molecule has 0 aromatic heterocycles. The molecule has 6 nitrogen and oxygen atoms in total. The molecular formula is C16H22BrN3O3. The van der Waals surface area contributed by atoms with Gasteiger partial charge in [0.15, 0.2) is 0 Å². The number of carbonyl (C=O) groups excluding carboxylic acids is 2. The van der Waals surface area contributed by atoms with Gasteiger partial charge in [-0.3, -0.25) is 14.5 Å². The maximum absolute atomic E-state index is 12.1. The molecule has 1 aromatic rings. The predicted molar refractivity (Wildman–Crippen MR) is 92.4 cm³/mol. The van der Waals surface area contributed by atoms with Crippen molar-refractivity contribution >= 4 is 33.4 Å². The highest BCUT2D eigenvalue weighted by Gasteiger charge is 2.16. The van der Waals surface area contributed by atoms with E-state index in [4.69, 9.17) is 4.74 Å². The van der Waals surface area contributed by atoms with Crippen LogP contribution in [0.5, 0.6) is 0 Å². The van der Waals surface area contributed by atoms with Crippen LogP contribution in [0.25, 0.3) is 0 Å². The molecule has 1 heterocycles. The second-order valence-electron chi connectivity index (χ2n) is 5.39. The lowest BCUT2D eigenvalue weighted by Gasteiger charge is -2.26. The maximum Gasteiger partial charge on any atom is 0.240 e. The summed E-state index contributed by atoms with van der Waals surface area (Å²) >= 11 is 3.38. The Morgan fingerprint density at radius 3 is 2.74 bits per heavy atom. The molecule has 1 saturated heterocycles. The van der Waals surface area contributed by atoms with Gasteiger partial charge in [0.05, 0.1) is 13.2 Å². The number of morpholine rings is 1. The zero-order valence-electron chi connectivity index (χ0n) is 13.3. The lowest BCUT2D eigenvalue weighted by atomic mass is 10.3. The lowest BCUT2D eigenvalue weighted by molar-refractivity contribution is -0.123. The van der Waals surface area contributed by atoms with Gasteiger partial charge in [-0.1, -0.05) is 22.0 Å². The van der Waals surface area contributed by atoms with Crippen molar-refractivity contribution in [2.75, 3.05) is 50.8 Å². The van der Waals surface area contributed by atoms with Gasteiger partial charge >= 0.3 is 0 Å². The third-order valence-corrected chi connectivity index (χ3v) is 4.15. The van der Waals surface area contributed by atoms with E-state index < -0.39 is 0 Å². The molecule has 126 valence electrons. The molecule has 0 spiro atoms. The number of ether oxygens (including phenoxy) is 1. The molecule has 1 aliphatic rings. The fourth-order valence-corrected chi connectivity index (χ4v) is 2.79. The molecule has 1 aliphatic heterocycles. The van der Waals surface area contributed by atoms with Gasteiger partial charge in [0.25, 0.3) is 0 Å². The van der Waals surface area contributed by atoms with Crippen LogP contribution >= 0.6 is 15.9 Å². The number of nitrogens with zero attached hydrogens (tertiary/aromatic N) is 2. The number of carbonyl (C=O) groups is 2. The Balaban J connectivity index is 1.82. The van der Waals surface area contributed by atoms with Crippen molar-refractivity contribution in [3.8, 4) is 0 Å². The topological polar surface area (TPSA) is 61.9 Å². The maximum atomic E-state index is 12.1. The van der Waals surface area contributed by atoms with E-state index in [0.29, 0.717) is 12.2 Å². The first kappa shape index (κ1) is 17.9. The van der Waals surface area contributed by atoms with Gasteiger partial charge in [-0.2, -0.15) is 0 Å². The number of benzene rings is 1. The van der Waals surface area contributed by atoms with E-state index in [1.54, 1.807) is 0 Å². The van der Waals surface area contributed by atoms with Gasteiger partial charge < -0.3 is 15.0 Å². The third-order valence-electron chi connectivity index (χ3n) is 3.66. The summed E-state index contributed by atoms with van der Waals surface area (Å²) in [5, 5.41) is 2.87. The molecule has 0 saturated carbocycles. The molecule has 0 aliphatic carbocycles. The van der Waals surface area contributed by atoms with Gasteiger partial charge in [0.2, 0.25) is 11.8 Å². The Labute approximate surface area is 144 Å². The minimum absolute atomic E-state index is 0.0227. The van der Waals surface area contributed by atoms with Gasteiger partial charge in [0.1, 0.15) is 6.54 Å². The summed E-state index contributed by atoms with van der Waals surface area (Å²) in [4.78, 5) is 27.6. The number of rotatable bonds is 6. The average molecular weight is 384 g/mol. The Morgan fingerprint density at radius 1 is 1.35 bits per heavy atom. The van der Waals surface area contributed by atoms with E-state index in [0.717, 1.165) is 37.3 Å². The van der Waals surface area contributed by atoms with E-state index in [1.165, 1.54) is 11.8 Å². The zero-order chi connectivity index (χ0) is 16.7. The minimum Gasteiger partial charge on any atom is -0.379 e. The summed E-state index contributed by atoms with van der Waals surface area (Å²) < 4.78 is 6.16. The molecule has 23 heavy (non-hydrogen) atoms. The zero-order valence-corrected chi connectivity index (χ0v) is 14.8. The van der Waals surface area contributed by atoms with Gasteiger partial charge in [-0.05, 0) is 18.2 Å². The molecule has 2 amide bonds. The highest BCUT2D eigenvalue weighted by Crippen LogP contribution is 2.19. The van der Waals surface area contributed by atoms with Crippen LogP contribution in [0, 0.1) is 0 Å². The van der Waals surface area contributed by atoms with Crippen LogP contribution in [0.15, 0.2) is 28.7 Å². The van der Waals surface area contributed by atoms with Crippen LogP contribution in [0.4, 0.5) is 5.69 Å². The number of halogens is 1. The summed E-state index contributed by atoms with van der Waals surface area (Å²) in [6.45, 7) is 6.14. The largest absolute Gasteiger partial charge is 0.379 e. The third kappa shape index (κ3) is 5.93. The SMILES string of the molecule is CC(=O)N(CC(=O)NCCN1CCOCC1)c1cccc(Br)c1. The first-order chi connectivity index (χ1) is 11.1.